The van der Waals surface area contributed by atoms with Crippen LogP contribution in [0.2, 0.25) is 0 Å². The highest BCUT2D eigenvalue weighted by Crippen LogP contribution is 2.23. The molecule has 4 nitrogen and oxygen atoms in total. The molecule has 2 amide bonds. The van der Waals surface area contributed by atoms with Gasteiger partial charge in [-0.3, -0.25) is 14.5 Å². The molecule has 3 aromatic rings. The average Bonchev–Trinajstić information content (AvgIpc) is 2.97. The summed E-state index contributed by atoms with van der Waals surface area (Å²) in [6.45, 7) is 0.0936. The largest absolute Gasteiger partial charge is 0.366 e. The zero-order valence-electron chi connectivity index (χ0n) is 14.5. The summed E-state index contributed by atoms with van der Waals surface area (Å²) in [7, 11) is 0. The van der Waals surface area contributed by atoms with Crippen molar-refractivity contribution in [1.82, 2.24) is 4.90 Å². The molecule has 4 rings (SSSR count). The third-order valence-corrected chi connectivity index (χ3v) is 4.35. The lowest BCUT2D eigenvalue weighted by molar-refractivity contribution is 0.0666. The highest BCUT2D eigenvalue weighted by Gasteiger charge is 2.34. The smallest absolute Gasteiger partial charge is 0.263 e. The van der Waals surface area contributed by atoms with E-state index in [9.17, 15) is 9.59 Å². The Labute approximate surface area is 157 Å². The van der Waals surface area contributed by atoms with Crippen LogP contribution in [0.15, 0.2) is 78.9 Å². The summed E-state index contributed by atoms with van der Waals surface area (Å²) in [4.78, 5) is 26.1. The first kappa shape index (κ1) is 16.6. The van der Waals surface area contributed by atoms with Crippen LogP contribution in [0, 0.1) is 11.8 Å². The first-order valence-electron chi connectivity index (χ1n) is 8.59. The van der Waals surface area contributed by atoms with Gasteiger partial charge in [-0.25, -0.2) is 0 Å². The van der Waals surface area contributed by atoms with Crippen LogP contribution in [0.1, 0.15) is 31.8 Å². The predicted molar refractivity (Wildman–Crippen MR) is 104 cm³/mol. The number of imide groups is 1. The number of nitrogens with zero attached hydrogens (tertiary/aromatic N) is 1. The van der Waals surface area contributed by atoms with Crippen molar-refractivity contribution in [2.24, 2.45) is 0 Å². The van der Waals surface area contributed by atoms with Crippen LogP contribution in [0.5, 0.6) is 0 Å². The van der Waals surface area contributed by atoms with E-state index in [2.05, 4.69) is 17.2 Å². The highest BCUT2D eigenvalue weighted by molar-refractivity contribution is 6.21. The summed E-state index contributed by atoms with van der Waals surface area (Å²) in [6, 6.07) is 24.2. The van der Waals surface area contributed by atoms with Gasteiger partial charge < -0.3 is 5.32 Å². The van der Waals surface area contributed by atoms with E-state index in [1.807, 2.05) is 54.6 Å². The van der Waals surface area contributed by atoms with E-state index in [0.29, 0.717) is 11.1 Å². The van der Waals surface area contributed by atoms with E-state index in [4.69, 9.17) is 0 Å². The lowest BCUT2D eigenvalue weighted by Crippen LogP contribution is -2.34. The Morgan fingerprint density at radius 1 is 0.704 bits per heavy atom. The van der Waals surface area contributed by atoms with Crippen molar-refractivity contribution >= 4 is 17.5 Å². The third-order valence-electron chi connectivity index (χ3n) is 4.35. The van der Waals surface area contributed by atoms with Gasteiger partial charge in [0.25, 0.3) is 11.8 Å². The first-order chi connectivity index (χ1) is 13.2. The maximum absolute atomic E-state index is 12.5. The Kier molecular flexibility index (Phi) is 4.42. The predicted octanol–water partition coefficient (Wildman–Crippen LogP) is 3.75. The molecule has 0 saturated heterocycles. The molecule has 0 bridgehead atoms. The minimum absolute atomic E-state index is 0.0936. The van der Waals surface area contributed by atoms with E-state index < -0.39 is 0 Å². The molecule has 0 saturated carbocycles. The minimum Gasteiger partial charge on any atom is -0.366 e. The van der Waals surface area contributed by atoms with Crippen molar-refractivity contribution in [3.8, 4) is 11.8 Å². The van der Waals surface area contributed by atoms with Crippen molar-refractivity contribution in [1.29, 1.82) is 0 Å². The molecule has 0 spiro atoms. The van der Waals surface area contributed by atoms with E-state index >= 15 is 0 Å². The maximum Gasteiger partial charge on any atom is 0.263 e. The molecule has 1 aliphatic rings. The molecule has 130 valence electrons. The van der Waals surface area contributed by atoms with Gasteiger partial charge >= 0.3 is 0 Å². The van der Waals surface area contributed by atoms with E-state index in [-0.39, 0.29) is 18.5 Å². The van der Waals surface area contributed by atoms with Gasteiger partial charge in [0.15, 0.2) is 0 Å². The number of hydrogen-bond acceptors (Lipinski definition) is 3. The maximum atomic E-state index is 12.5. The lowest BCUT2D eigenvalue weighted by Gasteiger charge is -2.16. The SMILES string of the molecule is O=C1c2ccccc2C(=O)N1CNc1ccccc1C#Cc1ccccc1. The zero-order chi connectivity index (χ0) is 18.6. The topological polar surface area (TPSA) is 49.4 Å². The van der Waals surface area contributed by atoms with Crippen LogP contribution in [0.3, 0.4) is 0 Å². The van der Waals surface area contributed by atoms with Crippen molar-refractivity contribution in [2.45, 2.75) is 0 Å². The van der Waals surface area contributed by atoms with Gasteiger partial charge in [-0.05, 0) is 36.4 Å². The van der Waals surface area contributed by atoms with Crippen molar-refractivity contribution in [2.75, 3.05) is 12.0 Å². The molecule has 0 atom stereocenters. The van der Waals surface area contributed by atoms with Crippen LogP contribution in [-0.4, -0.2) is 23.4 Å². The van der Waals surface area contributed by atoms with E-state index in [1.54, 1.807) is 24.3 Å². The Balaban J connectivity index is 1.53. The highest BCUT2D eigenvalue weighted by atomic mass is 16.2. The number of benzene rings is 3. The minimum atomic E-state index is -0.282. The third kappa shape index (κ3) is 3.31. The van der Waals surface area contributed by atoms with Gasteiger partial charge in [-0.15, -0.1) is 0 Å². The summed E-state index contributed by atoms with van der Waals surface area (Å²) in [6.07, 6.45) is 0. The molecule has 0 unspecified atom stereocenters. The van der Waals surface area contributed by atoms with Gasteiger partial charge in [0, 0.05) is 11.1 Å². The quantitative estimate of drug-likeness (QED) is 0.577. The van der Waals surface area contributed by atoms with Gasteiger partial charge in [-0.2, -0.15) is 0 Å². The Morgan fingerprint density at radius 3 is 2.00 bits per heavy atom. The number of rotatable bonds is 3. The molecule has 0 fully saturated rings. The fourth-order valence-corrected chi connectivity index (χ4v) is 2.95. The number of hydrogen-bond donors (Lipinski definition) is 1. The molecule has 4 heteroatoms. The van der Waals surface area contributed by atoms with Gasteiger partial charge in [-0.1, -0.05) is 54.3 Å². The standard InChI is InChI=1S/C23H16N2O2/c26-22-19-11-5-6-12-20(19)23(27)25(22)16-24-21-13-7-4-10-18(21)15-14-17-8-2-1-3-9-17/h1-13,24H,16H2. The van der Waals surface area contributed by atoms with Crippen LogP contribution in [0.25, 0.3) is 0 Å². The summed E-state index contributed by atoms with van der Waals surface area (Å²) in [5.41, 5.74) is 3.39. The molecule has 0 radical (unpaired) electrons. The van der Waals surface area contributed by atoms with E-state index in [1.165, 1.54) is 4.90 Å². The Morgan fingerprint density at radius 2 is 1.30 bits per heavy atom. The van der Waals surface area contributed by atoms with Gasteiger partial charge in [0.2, 0.25) is 0 Å². The second kappa shape index (κ2) is 7.19. The summed E-state index contributed by atoms with van der Waals surface area (Å²) in [5, 5.41) is 3.17. The van der Waals surface area contributed by atoms with E-state index in [0.717, 1.165) is 16.8 Å². The number of para-hydroxylation sites is 1. The normalized spacial score (nSPS) is 12.4. The fraction of sp³-hybridized carbons (Fsp3) is 0.0435. The number of anilines is 1. The molecule has 1 N–H and O–H groups in total. The lowest BCUT2D eigenvalue weighted by atomic mass is 10.1. The van der Waals surface area contributed by atoms with Crippen molar-refractivity contribution in [3.05, 3.63) is 101 Å². The molecule has 0 aromatic heterocycles. The molecular formula is C23H16N2O2. The molecule has 27 heavy (non-hydrogen) atoms. The van der Waals surface area contributed by atoms with Crippen LogP contribution in [0.4, 0.5) is 5.69 Å². The second-order valence-corrected chi connectivity index (χ2v) is 6.08. The molecule has 3 aromatic carbocycles. The number of carbonyl (C=O) groups is 2. The van der Waals surface area contributed by atoms with Crippen LogP contribution >= 0.6 is 0 Å². The number of nitrogens with one attached hydrogen (secondary N) is 1. The second-order valence-electron chi connectivity index (χ2n) is 6.08. The van der Waals surface area contributed by atoms with Crippen molar-refractivity contribution in [3.63, 3.8) is 0 Å². The molecule has 1 aliphatic heterocycles. The Bertz CT molecular complexity index is 1040. The van der Waals surface area contributed by atoms with Crippen LogP contribution in [-0.2, 0) is 0 Å². The number of fused-ring (bicyclic) bond motifs is 1. The summed E-state index contributed by atoms with van der Waals surface area (Å²) < 4.78 is 0. The fourth-order valence-electron chi connectivity index (χ4n) is 2.95. The summed E-state index contributed by atoms with van der Waals surface area (Å²) in [5.74, 6) is 5.70. The number of carbonyl (C=O) groups excluding carboxylic acids is 2. The molecule has 1 heterocycles. The summed E-state index contributed by atoms with van der Waals surface area (Å²) >= 11 is 0. The monoisotopic (exact) mass is 352 g/mol. The van der Waals surface area contributed by atoms with Crippen molar-refractivity contribution < 1.29 is 9.59 Å². The zero-order valence-corrected chi connectivity index (χ0v) is 14.5. The molecular weight excluding hydrogens is 336 g/mol. The number of amides is 2. The van der Waals surface area contributed by atoms with Gasteiger partial charge in [0.1, 0.15) is 0 Å². The molecule has 0 aliphatic carbocycles. The van der Waals surface area contributed by atoms with Crippen LogP contribution < -0.4 is 5.32 Å². The van der Waals surface area contributed by atoms with Gasteiger partial charge in [0.05, 0.1) is 23.5 Å². The Hall–Kier alpha value is -3.84. The first-order valence-corrected chi connectivity index (χ1v) is 8.59. The average molecular weight is 352 g/mol.